The van der Waals surface area contributed by atoms with Gasteiger partial charge in [0.15, 0.2) is 5.60 Å². The van der Waals surface area contributed by atoms with Crippen LogP contribution < -0.4 is 10.3 Å². The van der Waals surface area contributed by atoms with Gasteiger partial charge in [-0.05, 0) is 95.8 Å². The summed E-state index contributed by atoms with van der Waals surface area (Å²) in [6.07, 6.45) is 2.24. The number of aliphatic hydroxyl groups is 1. The second kappa shape index (κ2) is 10.9. The lowest BCUT2D eigenvalue weighted by Gasteiger charge is -2.31. The maximum absolute atomic E-state index is 13.6. The summed E-state index contributed by atoms with van der Waals surface area (Å²) in [7, 11) is 0. The van der Waals surface area contributed by atoms with Crippen LogP contribution in [0.5, 0.6) is 5.75 Å². The Morgan fingerprint density at radius 2 is 1.90 bits per heavy atom. The molecule has 0 saturated carbocycles. The van der Waals surface area contributed by atoms with Crippen molar-refractivity contribution in [3.63, 3.8) is 0 Å². The summed E-state index contributed by atoms with van der Waals surface area (Å²) in [5.41, 5.74) is 3.48. The number of aromatic nitrogens is 2. The largest absolute Gasteiger partial charge is 0.458 e. The third kappa shape index (κ3) is 4.72. The second-order valence-corrected chi connectivity index (χ2v) is 12.3. The van der Waals surface area contributed by atoms with Crippen LogP contribution in [0.2, 0.25) is 0 Å². The number of fused-ring (bicyclic) bond motifs is 5. The minimum Gasteiger partial charge on any atom is -0.458 e. The van der Waals surface area contributed by atoms with Crippen molar-refractivity contribution in [3.8, 4) is 17.1 Å². The highest BCUT2D eigenvalue weighted by Gasteiger charge is 2.45. The number of pyridine rings is 2. The molecule has 0 bridgehead atoms. The van der Waals surface area contributed by atoms with Gasteiger partial charge < -0.3 is 19.1 Å². The Balaban J connectivity index is 1.31. The molecule has 0 aliphatic carbocycles. The third-order valence-corrected chi connectivity index (χ3v) is 9.25. The molecule has 2 aromatic carbocycles. The van der Waals surface area contributed by atoms with Crippen molar-refractivity contribution in [3.05, 3.63) is 90.3 Å². The van der Waals surface area contributed by atoms with E-state index < -0.39 is 11.6 Å². The monoisotopic (exact) mass is 678 g/mol. The van der Waals surface area contributed by atoms with Crippen LogP contribution in [-0.2, 0) is 45.9 Å². The van der Waals surface area contributed by atoms with E-state index in [4.69, 9.17) is 14.5 Å². The summed E-state index contributed by atoms with van der Waals surface area (Å²) >= 11 is 2.28. The molecule has 2 aliphatic heterocycles. The van der Waals surface area contributed by atoms with Crippen LogP contribution in [0, 0.1) is 9.49 Å². The van der Waals surface area contributed by atoms with E-state index in [0.29, 0.717) is 53.2 Å². The van der Waals surface area contributed by atoms with Gasteiger partial charge in [-0.2, -0.15) is 0 Å². The fourth-order valence-corrected chi connectivity index (χ4v) is 6.34. The van der Waals surface area contributed by atoms with Crippen LogP contribution in [0.3, 0.4) is 0 Å². The number of hydrogen-bond donors (Lipinski definition) is 1. The molecule has 4 aromatic rings. The van der Waals surface area contributed by atoms with Crippen molar-refractivity contribution in [1.29, 1.82) is 0 Å². The molecule has 9 heteroatoms. The highest BCUT2D eigenvalue weighted by molar-refractivity contribution is 14.1. The van der Waals surface area contributed by atoms with Crippen molar-refractivity contribution in [1.82, 2.24) is 9.55 Å². The lowest BCUT2D eigenvalue weighted by molar-refractivity contribution is -0.172. The van der Waals surface area contributed by atoms with Gasteiger partial charge in [0.2, 0.25) is 0 Å². The van der Waals surface area contributed by atoms with Crippen molar-refractivity contribution >= 4 is 45.4 Å². The average Bonchev–Trinajstić information content (AvgIpc) is 3.36. The molecule has 0 spiro atoms. The zero-order chi connectivity index (χ0) is 29.8. The highest BCUT2D eigenvalue weighted by Crippen LogP contribution is 2.40. The Hall–Kier alpha value is -3.57. The van der Waals surface area contributed by atoms with E-state index in [1.807, 2.05) is 26.0 Å². The normalized spacial score (nSPS) is 17.8. The molecule has 216 valence electrons. The first-order valence-corrected chi connectivity index (χ1v) is 15.3. The predicted octanol–water partition coefficient (Wildman–Crippen LogP) is 5.42. The van der Waals surface area contributed by atoms with Crippen LogP contribution in [0.15, 0.2) is 53.3 Å². The Morgan fingerprint density at radius 3 is 2.62 bits per heavy atom. The molecular weight excluding hydrogens is 647 g/mol. The quantitative estimate of drug-likeness (QED) is 0.139. The molecule has 1 unspecified atom stereocenters. The lowest BCUT2D eigenvalue weighted by atomic mass is 9.86. The molecule has 8 nitrogen and oxygen atoms in total. The number of carbonyl (C=O) groups is 2. The minimum absolute atomic E-state index is 0.0890. The number of hydrogen-bond acceptors (Lipinski definition) is 7. The molecule has 0 saturated heterocycles. The summed E-state index contributed by atoms with van der Waals surface area (Å²) in [6, 6.07) is 15.4. The summed E-state index contributed by atoms with van der Waals surface area (Å²) in [6.45, 7) is 5.76. The summed E-state index contributed by atoms with van der Waals surface area (Å²) in [4.78, 5) is 43.9. The highest BCUT2D eigenvalue weighted by atomic mass is 127. The van der Waals surface area contributed by atoms with E-state index >= 15 is 0 Å². The van der Waals surface area contributed by atoms with E-state index in [-0.39, 0.29) is 30.5 Å². The van der Waals surface area contributed by atoms with Crippen LogP contribution >= 0.6 is 22.6 Å². The van der Waals surface area contributed by atoms with Crippen molar-refractivity contribution in [2.75, 3.05) is 0 Å². The fourth-order valence-electron chi connectivity index (χ4n) is 5.98. The number of aryl methyl sites for hydroxylation is 2. The van der Waals surface area contributed by atoms with E-state index in [9.17, 15) is 19.5 Å². The lowest BCUT2D eigenvalue weighted by Crippen LogP contribution is -2.44. The van der Waals surface area contributed by atoms with Crippen molar-refractivity contribution in [2.24, 2.45) is 5.92 Å². The first-order valence-electron chi connectivity index (χ1n) is 14.2. The maximum atomic E-state index is 13.6. The fraction of sp³-hybridized carbons (Fsp3) is 0.333. The smallest absolute Gasteiger partial charge is 0.343 e. The molecule has 0 fully saturated rings. The number of nitrogens with zero attached hydrogens (tertiary/aromatic N) is 2. The van der Waals surface area contributed by atoms with E-state index in [1.54, 1.807) is 23.6 Å². The molecule has 1 N–H and O–H groups in total. The van der Waals surface area contributed by atoms with E-state index in [2.05, 4.69) is 46.9 Å². The summed E-state index contributed by atoms with van der Waals surface area (Å²) < 4.78 is 13.8. The number of carbonyl (C=O) groups excluding carboxylic acids is 2. The van der Waals surface area contributed by atoms with Crippen molar-refractivity contribution in [2.45, 2.75) is 65.2 Å². The molecule has 2 aliphatic rings. The van der Waals surface area contributed by atoms with Gasteiger partial charge in [0.05, 0.1) is 34.9 Å². The summed E-state index contributed by atoms with van der Waals surface area (Å²) in [5, 5.41) is 12.0. The zero-order valence-corrected chi connectivity index (χ0v) is 25.9. The van der Waals surface area contributed by atoms with E-state index in [1.165, 1.54) is 9.13 Å². The Labute approximate surface area is 256 Å². The second-order valence-electron chi connectivity index (χ2n) is 11.0. The van der Waals surface area contributed by atoms with Gasteiger partial charge >= 0.3 is 11.9 Å². The van der Waals surface area contributed by atoms with Crippen LogP contribution in [0.4, 0.5) is 0 Å². The van der Waals surface area contributed by atoms with Crippen LogP contribution in [0.25, 0.3) is 22.3 Å². The Morgan fingerprint density at radius 1 is 1.14 bits per heavy atom. The van der Waals surface area contributed by atoms with Gasteiger partial charge in [0.1, 0.15) is 12.4 Å². The van der Waals surface area contributed by atoms with E-state index in [0.717, 1.165) is 22.9 Å². The molecule has 0 radical (unpaired) electrons. The molecule has 2 aromatic heterocycles. The van der Waals surface area contributed by atoms with Crippen LogP contribution in [0.1, 0.15) is 61.4 Å². The first kappa shape index (κ1) is 28.5. The van der Waals surface area contributed by atoms with Gasteiger partial charge in [-0.3, -0.25) is 9.59 Å². The molecule has 4 heterocycles. The Kier molecular flexibility index (Phi) is 7.43. The number of ether oxygens (including phenoxy) is 2. The van der Waals surface area contributed by atoms with Gasteiger partial charge in [0.25, 0.3) is 5.56 Å². The first-order chi connectivity index (χ1) is 20.1. The topological polar surface area (TPSA) is 108 Å². The number of halogens is 1. The predicted molar refractivity (Wildman–Crippen MR) is 166 cm³/mol. The molecule has 42 heavy (non-hydrogen) atoms. The van der Waals surface area contributed by atoms with Crippen LogP contribution in [-0.4, -0.2) is 26.6 Å². The number of benzene rings is 2. The molecule has 0 amide bonds. The standard InChI is InChI=1S/C33H31IN2O6/c1-4-22-23-14-21(42-31(38)18(3)6-7-19-8-10-20(34)11-9-19)12-13-27(23)35-29-24(22)16-36-28(29)15-26-25(30(36)37)17-41-32(39)33(26,40)5-2/h8-15,18,40H,4-7,16-17H2,1-3H3/t18?,33-/m0/s1. The number of rotatable bonds is 7. The number of cyclic esters (lactones) is 1. The molecule has 6 rings (SSSR count). The SMILES string of the molecule is CCc1c2c(nc3ccc(OC(=O)C(C)CCc4ccc(I)cc4)cc13)-c1cc3c(c(=O)n1C2)COC(=O)[C@]3(O)CC. The number of esters is 2. The Bertz CT molecular complexity index is 1810. The minimum atomic E-state index is -1.87. The van der Waals surface area contributed by atoms with Gasteiger partial charge in [-0.25, -0.2) is 9.78 Å². The zero-order valence-electron chi connectivity index (χ0n) is 23.7. The average molecular weight is 679 g/mol. The third-order valence-electron chi connectivity index (χ3n) is 8.53. The van der Waals surface area contributed by atoms with Gasteiger partial charge in [0, 0.05) is 20.1 Å². The molecule has 2 atom stereocenters. The van der Waals surface area contributed by atoms with Gasteiger partial charge in [-0.15, -0.1) is 0 Å². The molecular formula is C33H31IN2O6. The maximum Gasteiger partial charge on any atom is 0.343 e. The van der Waals surface area contributed by atoms with Crippen molar-refractivity contribution < 1.29 is 24.2 Å². The van der Waals surface area contributed by atoms with Gasteiger partial charge in [-0.1, -0.05) is 32.9 Å². The summed E-state index contributed by atoms with van der Waals surface area (Å²) in [5.74, 6) is -0.838.